The number of hydrogen-bond donors (Lipinski definition) is 1. The van der Waals surface area contributed by atoms with E-state index in [2.05, 4.69) is 4.98 Å². The van der Waals surface area contributed by atoms with Crippen molar-refractivity contribution in [2.45, 2.75) is 0 Å². The number of hydrogen-bond acceptors (Lipinski definition) is 3. The Hall–Kier alpha value is -3.03. The highest BCUT2D eigenvalue weighted by atomic mass is 35.5. The van der Waals surface area contributed by atoms with Crippen molar-refractivity contribution in [3.05, 3.63) is 70.4 Å². The van der Waals surface area contributed by atoms with Gasteiger partial charge in [0.05, 0.1) is 7.11 Å². The maximum atomic E-state index is 12.7. The van der Waals surface area contributed by atoms with Crippen LogP contribution in [0.15, 0.2) is 54.2 Å². The first kappa shape index (κ1) is 15.9. The summed E-state index contributed by atoms with van der Waals surface area (Å²) in [5.74, 6) is 0.323. The monoisotopic (exact) mass is 336 g/mol. The van der Waals surface area contributed by atoms with Crippen molar-refractivity contribution in [1.29, 1.82) is 5.26 Å². The number of methoxy groups -OCH3 is 1. The molecule has 1 heterocycles. The van der Waals surface area contributed by atoms with E-state index in [1.54, 1.807) is 55.8 Å². The molecule has 0 saturated heterocycles. The van der Waals surface area contributed by atoms with Gasteiger partial charge in [-0.3, -0.25) is 4.79 Å². The Balaban J connectivity index is 2.02. The third-order valence-electron chi connectivity index (χ3n) is 3.66. The molecule has 0 radical (unpaired) electrons. The van der Waals surface area contributed by atoms with Crippen LogP contribution in [0.3, 0.4) is 0 Å². The van der Waals surface area contributed by atoms with Crippen molar-refractivity contribution in [1.82, 2.24) is 4.98 Å². The van der Waals surface area contributed by atoms with E-state index in [0.717, 1.165) is 16.5 Å². The molecule has 0 atom stereocenters. The molecule has 3 rings (SSSR count). The smallest absolute Gasteiger partial charge is 0.205 e. The Morgan fingerprint density at radius 1 is 1.29 bits per heavy atom. The molecule has 1 aromatic heterocycles. The summed E-state index contributed by atoms with van der Waals surface area (Å²) in [5, 5.41) is 10.7. The van der Waals surface area contributed by atoms with Crippen molar-refractivity contribution in [3.8, 4) is 11.8 Å². The van der Waals surface area contributed by atoms with Crippen molar-refractivity contribution >= 4 is 34.4 Å². The summed E-state index contributed by atoms with van der Waals surface area (Å²) in [5.41, 5.74) is 1.98. The highest BCUT2D eigenvalue weighted by Crippen LogP contribution is 2.25. The number of allylic oxidation sites excluding steroid dienone is 1. The average Bonchev–Trinajstić information content (AvgIpc) is 3.02. The molecule has 5 heteroatoms. The zero-order chi connectivity index (χ0) is 17.1. The minimum Gasteiger partial charge on any atom is -0.497 e. The topological polar surface area (TPSA) is 65.9 Å². The lowest BCUT2D eigenvalue weighted by Gasteiger charge is -2.02. The van der Waals surface area contributed by atoms with E-state index in [4.69, 9.17) is 16.3 Å². The summed E-state index contributed by atoms with van der Waals surface area (Å²) in [6.07, 6.45) is 3.15. The third-order valence-corrected chi connectivity index (χ3v) is 3.89. The predicted octanol–water partition coefficient (Wildman–Crippen LogP) is 4.62. The number of ketones is 1. The molecule has 4 nitrogen and oxygen atoms in total. The molecule has 0 aliphatic rings. The predicted molar refractivity (Wildman–Crippen MR) is 94.2 cm³/mol. The van der Waals surface area contributed by atoms with Crippen molar-refractivity contribution in [2.75, 3.05) is 7.11 Å². The number of aromatic amines is 1. The minimum atomic E-state index is -0.339. The van der Waals surface area contributed by atoms with E-state index < -0.39 is 0 Å². The lowest BCUT2D eigenvalue weighted by Crippen LogP contribution is -2.01. The molecule has 0 bridgehead atoms. The molecular weight excluding hydrogens is 324 g/mol. The molecule has 118 valence electrons. The first-order chi connectivity index (χ1) is 11.6. The summed E-state index contributed by atoms with van der Waals surface area (Å²) in [7, 11) is 1.57. The lowest BCUT2D eigenvalue weighted by molar-refractivity contribution is 0.104. The summed E-state index contributed by atoms with van der Waals surface area (Å²) in [6.45, 7) is 0. The fourth-order valence-electron chi connectivity index (χ4n) is 2.48. The Morgan fingerprint density at radius 3 is 2.88 bits per heavy atom. The number of halogens is 1. The first-order valence-corrected chi connectivity index (χ1v) is 7.57. The van der Waals surface area contributed by atoms with Crippen LogP contribution in [0, 0.1) is 11.3 Å². The number of carbonyl (C=O) groups is 1. The second kappa shape index (κ2) is 6.61. The summed E-state index contributed by atoms with van der Waals surface area (Å²) >= 11 is 5.95. The van der Waals surface area contributed by atoms with E-state index in [1.807, 2.05) is 12.1 Å². The number of nitriles is 1. The van der Waals surface area contributed by atoms with Crippen LogP contribution >= 0.6 is 11.6 Å². The van der Waals surface area contributed by atoms with E-state index in [1.165, 1.54) is 0 Å². The molecule has 0 aliphatic carbocycles. The van der Waals surface area contributed by atoms with Crippen LogP contribution in [0.1, 0.15) is 15.9 Å². The summed E-state index contributed by atoms with van der Waals surface area (Å²) in [4.78, 5) is 15.7. The zero-order valence-electron chi connectivity index (χ0n) is 12.8. The SMILES string of the molecule is COc1cccc(/C=C(\C#N)C(=O)c2c[nH]c3cc(Cl)ccc23)c1. The van der Waals surface area contributed by atoms with Crippen LogP contribution in [-0.2, 0) is 0 Å². The van der Waals surface area contributed by atoms with Crippen molar-refractivity contribution in [2.24, 2.45) is 0 Å². The molecule has 0 unspecified atom stereocenters. The van der Waals surface area contributed by atoms with Gasteiger partial charge in [-0.2, -0.15) is 5.26 Å². The van der Waals surface area contributed by atoms with Crippen LogP contribution in [-0.4, -0.2) is 17.9 Å². The van der Waals surface area contributed by atoms with Crippen LogP contribution in [0.5, 0.6) is 5.75 Å². The number of carbonyl (C=O) groups excluding carboxylic acids is 1. The molecule has 0 saturated carbocycles. The van der Waals surface area contributed by atoms with E-state index in [0.29, 0.717) is 16.3 Å². The third kappa shape index (κ3) is 3.03. The van der Waals surface area contributed by atoms with Gasteiger partial charge in [0.15, 0.2) is 0 Å². The highest BCUT2D eigenvalue weighted by molar-refractivity contribution is 6.31. The Bertz CT molecular complexity index is 996. The summed E-state index contributed by atoms with van der Waals surface area (Å²) < 4.78 is 5.16. The molecule has 0 amide bonds. The van der Waals surface area contributed by atoms with Crippen LogP contribution in [0.2, 0.25) is 5.02 Å². The minimum absolute atomic E-state index is 0.0547. The largest absolute Gasteiger partial charge is 0.497 e. The van der Waals surface area contributed by atoms with E-state index in [9.17, 15) is 10.1 Å². The van der Waals surface area contributed by atoms with Crippen LogP contribution < -0.4 is 4.74 Å². The molecule has 0 fully saturated rings. The molecule has 1 N–H and O–H groups in total. The number of nitrogens with one attached hydrogen (secondary N) is 1. The normalized spacial score (nSPS) is 11.3. The fraction of sp³-hybridized carbons (Fsp3) is 0.0526. The quantitative estimate of drug-likeness (QED) is 0.429. The number of fused-ring (bicyclic) bond motifs is 1. The van der Waals surface area contributed by atoms with Gasteiger partial charge in [0.2, 0.25) is 5.78 Å². The van der Waals surface area contributed by atoms with Gasteiger partial charge >= 0.3 is 0 Å². The van der Waals surface area contributed by atoms with Gasteiger partial charge in [-0.15, -0.1) is 0 Å². The lowest BCUT2D eigenvalue weighted by atomic mass is 10.0. The number of Topliss-reactive ketones (excluding diaryl/α,β-unsaturated/α-hetero) is 1. The maximum Gasteiger partial charge on any atom is 0.205 e. The highest BCUT2D eigenvalue weighted by Gasteiger charge is 2.16. The number of rotatable bonds is 4. The van der Waals surface area contributed by atoms with Crippen LogP contribution in [0.4, 0.5) is 0 Å². The number of nitrogens with zero attached hydrogens (tertiary/aromatic N) is 1. The zero-order valence-corrected chi connectivity index (χ0v) is 13.6. The second-order valence-corrected chi connectivity index (χ2v) is 5.60. The van der Waals surface area contributed by atoms with Gasteiger partial charge in [-0.05, 0) is 35.9 Å². The Labute approximate surface area is 143 Å². The van der Waals surface area contributed by atoms with Gasteiger partial charge in [0.25, 0.3) is 0 Å². The standard InChI is InChI=1S/C19H13ClN2O2/c1-24-15-4-2-3-12(8-15)7-13(10-21)19(23)17-11-22-18-9-14(20)5-6-16(17)18/h2-9,11,22H,1H3/b13-7+. The Morgan fingerprint density at radius 2 is 2.12 bits per heavy atom. The molecule has 0 spiro atoms. The van der Waals surface area contributed by atoms with E-state index >= 15 is 0 Å². The summed E-state index contributed by atoms with van der Waals surface area (Å²) in [6, 6.07) is 14.4. The molecule has 0 aliphatic heterocycles. The first-order valence-electron chi connectivity index (χ1n) is 7.19. The molecule has 24 heavy (non-hydrogen) atoms. The van der Waals surface area contributed by atoms with Gasteiger partial charge in [0.1, 0.15) is 17.4 Å². The van der Waals surface area contributed by atoms with E-state index in [-0.39, 0.29) is 11.4 Å². The second-order valence-electron chi connectivity index (χ2n) is 5.17. The van der Waals surface area contributed by atoms with Gasteiger partial charge in [-0.25, -0.2) is 0 Å². The van der Waals surface area contributed by atoms with Crippen LogP contribution in [0.25, 0.3) is 17.0 Å². The molecule has 3 aromatic rings. The van der Waals surface area contributed by atoms with Gasteiger partial charge < -0.3 is 9.72 Å². The molecular formula is C19H13ClN2O2. The number of aromatic nitrogens is 1. The Kier molecular flexibility index (Phi) is 4.37. The fourth-order valence-corrected chi connectivity index (χ4v) is 2.65. The number of ether oxygens (including phenoxy) is 1. The average molecular weight is 337 g/mol. The van der Waals surface area contributed by atoms with Gasteiger partial charge in [0, 0.05) is 27.7 Å². The number of benzene rings is 2. The molecule has 2 aromatic carbocycles. The van der Waals surface area contributed by atoms with Crippen molar-refractivity contribution in [3.63, 3.8) is 0 Å². The number of H-pyrrole nitrogens is 1. The van der Waals surface area contributed by atoms with Crippen molar-refractivity contribution < 1.29 is 9.53 Å². The maximum absolute atomic E-state index is 12.7. The van der Waals surface area contributed by atoms with Gasteiger partial charge in [-0.1, -0.05) is 29.8 Å².